The molecule has 1 aromatic carbocycles. The molecule has 0 amide bonds. The molecule has 1 aliphatic rings. The second-order valence-corrected chi connectivity index (χ2v) is 7.84. The van der Waals surface area contributed by atoms with Crippen molar-refractivity contribution >= 4 is 5.96 Å². The van der Waals surface area contributed by atoms with Crippen molar-refractivity contribution in [2.75, 3.05) is 33.4 Å². The van der Waals surface area contributed by atoms with Gasteiger partial charge in [-0.05, 0) is 31.7 Å². The molecule has 8 heteroatoms. The van der Waals surface area contributed by atoms with Crippen molar-refractivity contribution in [3.63, 3.8) is 0 Å². The van der Waals surface area contributed by atoms with E-state index in [9.17, 15) is 0 Å². The van der Waals surface area contributed by atoms with Gasteiger partial charge in [-0.25, -0.2) is 4.99 Å². The van der Waals surface area contributed by atoms with E-state index in [1.165, 1.54) is 5.56 Å². The van der Waals surface area contributed by atoms with E-state index in [4.69, 9.17) is 9.73 Å². The molecule has 0 radical (unpaired) electrons. The Morgan fingerprint density at radius 2 is 1.97 bits per heavy atom. The molecule has 0 unspecified atom stereocenters. The predicted molar refractivity (Wildman–Crippen MR) is 119 cm³/mol. The molecular weight excluding hydrogens is 378 g/mol. The highest BCUT2D eigenvalue weighted by atomic mass is 16.5. The molecule has 1 saturated heterocycles. The second kappa shape index (κ2) is 11.7. The number of benzene rings is 1. The summed E-state index contributed by atoms with van der Waals surface area (Å²) in [4.78, 5) is 7.29. The lowest BCUT2D eigenvalue weighted by molar-refractivity contribution is 0.194. The van der Waals surface area contributed by atoms with E-state index in [0.717, 1.165) is 69.7 Å². The van der Waals surface area contributed by atoms with Crippen LogP contribution in [0.4, 0.5) is 0 Å². The maximum atomic E-state index is 5.15. The van der Waals surface area contributed by atoms with Crippen molar-refractivity contribution in [2.24, 2.45) is 12.0 Å². The van der Waals surface area contributed by atoms with Crippen molar-refractivity contribution < 1.29 is 4.74 Å². The van der Waals surface area contributed by atoms with Gasteiger partial charge in [0.25, 0.3) is 0 Å². The van der Waals surface area contributed by atoms with Crippen LogP contribution in [0.25, 0.3) is 0 Å². The first-order valence-electron chi connectivity index (χ1n) is 10.8. The molecule has 0 saturated carbocycles. The highest BCUT2D eigenvalue weighted by Gasteiger charge is 2.20. The summed E-state index contributed by atoms with van der Waals surface area (Å²) < 4.78 is 7.13. The van der Waals surface area contributed by atoms with Crippen molar-refractivity contribution in [2.45, 2.75) is 45.3 Å². The predicted octanol–water partition coefficient (Wildman–Crippen LogP) is 1.86. The third-order valence-corrected chi connectivity index (χ3v) is 5.56. The number of aromatic nitrogens is 3. The molecule has 0 aliphatic carbocycles. The topological polar surface area (TPSA) is 79.6 Å². The number of likely N-dealkylation sites (tertiary alicyclic amines) is 1. The van der Waals surface area contributed by atoms with Gasteiger partial charge >= 0.3 is 0 Å². The van der Waals surface area contributed by atoms with Gasteiger partial charge < -0.3 is 19.9 Å². The lowest BCUT2D eigenvalue weighted by Gasteiger charge is -2.33. The largest absolute Gasteiger partial charge is 0.385 e. The molecule has 0 spiro atoms. The molecule has 2 aromatic rings. The summed E-state index contributed by atoms with van der Waals surface area (Å²) in [6, 6.07) is 11.1. The lowest BCUT2D eigenvalue weighted by Crippen LogP contribution is -2.48. The SMILES string of the molecule is COCCCNC(=NCc1nnc(C)n1C)NC1CCN(Cc2ccccc2)CC1. The number of aliphatic imine (C=N–C) groups is 1. The Bertz CT molecular complexity index is 782. The zero-order valence-electron chi connectivity index (χ0n) is 18.5. The Hall–Kier alpha value is -2.45. The summed E-state index contributed by atoms with van der Waals surface area (Å²) in [6.07, 6.45) is 3.15. The van der Waals surface area contributed by atoms with Gasteiger partial charge in [0.15, 0.2) is 11.8 Å². The number of guanidine groups is 1. The summed E-state index contributed by atoms with van der Waals surface area (Å²) in [7, 11) is 3.70. The molecule has 1 aromatic heterocycles. The monoisotopic (exact) mass is 413 g/mol. The first-order chi connectivity index (χ1) is 14.7. The number of hydrogen-bond acceptors (Lipinski definition) is 5. The number of nitrogens with zero attached hydrogens (tertiary/aromatic N) is 5. The minimum absolute atomic E-state index is 0.423. The van der Waals surface area contributed by atoms with Crippen molar-refractivity contribution in [1.29, 1.82) is 0 Å². The highest BCUT2D eigenvalue weighted by molar-refractivity contribution is 5.80. The number of methoxy groups -OCH3 is 1. The lowest BCUT2D eigenvalue weighted by atomic mass is 10.0. The average Bonchev–Trinajstić information content (AvgIpc) is 3.09. The number of ether oxygens (including phenoxy) is 1. The molecule has 8 nitrogen and oxygen atoms in total. The fourth-order valence-electron chi connectivity index (χ4n) is 3.58. The fraction of sp³-hybridized carbons (Fsp3) is 0.591. The number of rotatable bonds is 9. The Balaban J connectivity index is 1.52. The van der Waals surface area contributed by atoms with Gasteiger partial charge in [0, 0.05) is 53.0 Å². The molecule has 3 rings (SSSR count). The van der Waals surface area contributed by atoms with Crippen molar-refractivity contribution in [3.05, 3.63) is 47.5 Å². The summed E-state index contributed by atoms with van der Waals surface area (Å²) >= 11 is 0. The first-order valence-corrected chi connectivity index (χ1v) is 10.8. The molecule has 0 bridgehead atoms. The molecular formula is C22H35N7O. The van der Waals surface area contributed by atoms with E-state index in [1.807, 2.05) is 18.5 Å². The third kappa shape index (κ3) is 6.81. The minimum atomic E-state index is 0.423. The number of aryl methyl sites for hydroxylation is 1. The van der Waals surface area contributed by atoms with Gasteiger partial charge in [-0.15, -0.1) is 10.2 Å². The molecule has 30 heavy (non-hydrogen) atoms. The second-order valence-electron chi connectivity index (χ2n) is 7.84. The van der Waals surface area contributed by atoms with Crippen molar-refractivity contribution in [3.8, 4) is 0 Å². The molecule has 2 N–H and O–H groups in total. The number of nitrogens with one attached hydrogen (secondary N) is 2. The maximum Gasteiger partial charge on any atom is 0.191 e. The number of piperidine rings is 1. The van der Waals surface area contributed by atoms with Crippen LogP contribution in [0.2, 0.25) is 0 Å². The summed E-state index contributed by atoms with van der Waals surface area (Å²) in [5.41, 5.74) is 1.38. The number of hydrogen-bond donors (Lipinski definition) is 2. The van der Waals surface area contributed by atoms with Crippen LogP contribution < -0.4 is 10.6 Å². The van der Waals surface area contributed by atoms with E-state index in [-0.39, 0.29) is 0 Å². The molecule has 164 valence electrons. The normalized spacial score (nSPS) is 16.0. The van der Waals surface area contributed by atoms with Crippen molar-refractivity contribution in [1.82, 2.24) is 30.3 Å². The summed E-state index contributed by atoms with van der Waals surface area (Å²) in [5, 5.41) is 15.4. The summed E-state index contributed by atoms with van der Waals surface area (Å²) in [6.45, 7) is 7.22. The molecule has 2 heterocycles. The van der Waals surface area contributed by atoms with Gasteiger partial charge in [-0.1, -0.05) is 30.3 Å². The van der Waals surface area contributed by atoms with Crippen LogP contribution in [-0.2, 0) is 24.9 Å². The van der Waals surface area contributed by atoms with E-state index >= 15 is 0 Å². The third-order valence-electron chi connectivity index (χ3n) is 5.56. The van der Waals surface area contributed by atoms with Crippen LogP contribution >= 0.6 is 0 Å². The van der Waals surface area contributed by atoms with Crippen LogP contribution in [0.5, 0.6) is 0 Å². The fourth-order valence-corrected chi connectivity index (χ4v) is 3.58. The highest BCUT2D eigenvalue weighted by Crippen LogP contribution is 2.14. The Morgan fingerprint density at radius 3 is 2.63 bits per heavy atom. The van der Waals surface area contributed by atoms with Gasteiger partial charge in [-0.2, -0.15) is 0 Å². The molecule has 0 atom stereocenters. The van der Waals surface area contributed by atoms with Gasteiger partial charge in [0.1, 0.15) is 12.4 Å². The van der Waals surface area contributed by atoms with E-state index in [0.29, 0.717) is 12.6 Å². The van der Waals surface area contributed by atoms with Crippen LogP contribution in [-0.4, -0.2) is 65.0 Å². The van der Waals surface area contributed by atoms with Gasteiger partial charge in [-0.3, -0.25) is 4.90 Å². The smallest absolute Gasteiger partial charge is 0.191 e. The van der Waals surface area contributed by atoms with Gasteiger partial charge in [0.05, 0.1) is 0 Å². The quantitative estimate of drug-likeness (QED) is 0.371. The molecule has 1 aliphatic heterocycles. The van der Waals surface area contributed by atoms with E-state index in [1.54, 1.807) is 7.11 Å². The minimum Gasteiger partial charge on any atom is -0.385 e. The standard InChI is InChI=1S/C22H35N7O/c1-18-26-27-21(28(18)2)16-24-22(23-12-7-15-30-3)25-20-10-13-29(14-11-20)17-19-8-5-4-6-9-19/h4-6,8-9,20H,7,10-17H2,1-3H3,(H2,23,24,25). The Morgan fingerprint density at radius 1 is 1.20 bits per heavy atom. The zero-order valence-corrected chi connectivity index (χ0v) is 18.5. The Kier molecular flexibility index (Phi) is 8.65. The van der Waals surface area contributed by atoms with E-state index in [2.05, 4.69) is 56.1 Å². The van der Waals surface area contributed by atoms with Crippen LogP contribution in [0.1, 0.15) is 36.5 Å². The first kappa shape index (κ1) is 22.2. The van der Waals surface area contributed by atoms with Crippen LogP contribution in [0, 0.1) is 6.92 Å². The zero-order chi connectivity index (χ0) is 21.2. The van der Waals surface area contributed by atoms with Crippen LogP contribution in [0.15, 0.2) is 35.3 Å². The maximum absolute atomic E-state index is 5.15. The molecule has 1 fully saturated rings. The Labute approximate surface area is 179 Å². The van der Waals surface area contributed by atoms with Crippen LogP contribution in [0.3, 0.4) is 0 Å². The summed E-state index contributed by atoms with van der Waals surface area (Å²) in [5.74, 6) is 2.60. The average molecular weight is 414 g/mol. The van der Waals surface area contributed by atoms with E-state index < -0.39 is 0 Å². The van der Waals surface area contributed by atoms with Gasteiger partial charge in [0.2, 0.25) is 0 Å².